The maximum Gasteiger partial charge on any atom is 0.361 e. The van der Waals surface area contributed by atoms with E-state index in [-0.39, 0.29) is 32.2 Å². The van der Waals surface area contributed by atoms with E-state index in [4.69, 9.17) is 18.9 Å². The minimum Gasteiger partial charge on any atom is -0.477 e. The smallest absolute Gasteiger partial charge is 0.361 e. The van der Waals surface area contributed by atoms with Crippen LogP contribution in [0.15, 0.2) is 60.8 Å². The van der Waals surface area contributed by atoms with Crippen molar-refractivity contribution < 1.29 is 42.9 Å². The molecule has 9 nitrogen and oxygen atoms in total. The van der Waals surface area contributed by atoms with Crippen molar-refractivity contribution in [2.45, 2.75) is 245 Å². The summed E-state index contributed by atoms with van der Waals surface area (Å²) in [6.07, 6.45) is 58.5. The lowest BCUT2D eigenvalue weighted by Gasteiger charge is -2.25. The summed E-state index contributed by atoms with van der Waals surface area (Å²) in [5.41, 5.74) is 0. The Labute approximate surface area is 412 Å². The summed E-state index contributed by atoms with van der Waals surface area (Å²) in [7, 11) is 5.96. The van der Waals surface area contributed by atoms with Gasteiger partial charge in [0.15, 0.2) is 6.10 Å². The van der Waals surface area contributed by atoms with Crippen LogP contribution in [0.25, 0.3) is 0 Å². The molecule has 0 radical (unpaired) electrons. The van der Waals surface area contributed by atoms with Crippen LogP contribution in [-0.4, -0.2) is 87.4 Å². The zero-order valence-electron chi connectivity index (χ0n) is 44.1. The van der Waals surface area contributed by atoms with Crippen LogP contribution in [0.3, 0.4) is 0 Å². The quantitative estimate of drug-likeness (QED) is 0.0211. The molecule has 0 aliphatic rings. The molecule has 0 fully saturated rings. The number of aliphatic carboxylic acids is 1. The molecule has 388 valence electrons. The van der Waals surface area contributed by atoms with Crippen molar-refractivity contribution in [2.24, 2.45) is 0 Å². The van der Waals surface area contributed by atoms with Gasteiger partial charge in [-0.2, -0.15) is 0 Å². The van der Waals surface area contributed by atoms with E-state index in [0.717, 1.165) is 70.6 Å². The van der Waals surface area contributed by atoms with E-state index >= 15 is 0 Å². The summed E-state index contributed by atoms with van der Waals surface area (Å²) in [6, 6.07) is 0. The van der Waals surface area contributed by atoms with Gasteiger partial charge < -0.3 is 28.5 Å². The monoisotopic (exact) mass is 943 g/mol. The zero-order valence-corrected chi connectivity index (χ0v) is 44.1. The molecule has 2 unspecified atom stereocenters. The van der Waals surface area contributed by atoms with Gasteiger partial charge in [-0.05, 0) is 77.0 Å². The van der Waals surface area contributed by atoms with Crippen molar-refractivity contribution >= 4 is 17.9 Å². The van der Waals surface area contributed by atoms with E-state index in [1.54, 1.807) is 0 Å². The lowest BCUT2D eigenvalue weighted by molar-refractivity contribution is -0.870. The Hall–Kier alpha value is -3.01. The number of hydrogen-bond acceptors (Lipinski definition) is 7. The van der Waals surface area contributed by atoms with Crippen molar-refractivity contribution in [3.05, 3.63) is 60.8 Å². The number of unbranched alkanes of at least 4 members (excludes halogenated alkanes) is 25. The minimum absolute atomic E-state index is 0.185. The number of carboxylic acid groups (broad SMARTS) is 1. The molecule has 2 atom stereocenters. The number of carbonyl (C=O) groups excluding carboxylic acids is 2. The van der Waals surface area contributed by atoms with Crippen LogP contribution < -0.4 is 0 Å². The van der Waals surface area contributed by atoms with Gasteiger partial charge in [-0.25, -0.2) is 4.79 Å². The Morgan fingerprint density at radius 1 is 0.463 bits per heavy atom. The third-order valence-corrected chi connectivity index (χ3v) is 11.8. The average molecular weight is 943 g/mol. The van der Waals surface area contributed by atoms with Crippen LogP contribution in [0.2, 0.25) is 0 Å². The molecule has 9 heteroatoms. The van der Waals surface area contributed by atoms with Gasteiger partial charge in [0, 0.05) is 12.8 Å². The SMILES string of the molecule is CC/C=C\C/C=C\C/C=C\C/C=C\CCCCCCCCCCCCC(=O)OC(COC(=O)CCCCCCCCCCC/C=C\CCCCCCCC)COC(OCC[N+](C)(C)C)C(=O)O. The second kappa shape index (κ2) is 49.4. The number of nitrogens with zero attached hydrogens (tertiary/aromatic N) is 1. The van der Waals surface area contributed by atoms with Crippen LogP contribution in [-0.2, 0) is 33.3 Å². The average Bonchev–Trinajstić information content (AvgIpc) is 3.29. The minimum atomic E-state index is -1.51. The molecule has 0 aromatic heterocycles. The highest BCUT2D eigenvalue weighted by atomic mass is 16.7. The number of esters is 2. The molecule has 1 N–H and O–H groups in total. The molecule has 0 heterocycles. The van der Waals surface area contributed by atoms with Crippen molar-refractivity contribution in [1.82, 2.24) is 0 Å². The Balaban J connectivity index is 4.30. The van der Waals surface area contributed by atoms with Gasteiger partial charge in [-0.1, -0.05) is 203 Å². The molecule has 0 saturated heterocycles. The maximum atomic E-state index is 12.9. The van der Waals surface area contributed by atoms with Crippen LogP contribution in [0, 0.1) is 0 Å². The molecule has 0 aliphatic heterocycles. The highest BCUT2D eigenvalue weighted by molar-refractivity contribution is 5.71. The van der Waals surface area contributed by atoms with Crippen molar-refractivity contribution in [2.75, 3.05) is 47.5 Å². The first-order chi connectivity index (χ1) is 32.6. The van der Waals surface area contributed by atoms with Gasteiger partial charge in [0.25, 0.3) is 6.29 Å². The molecule has 67 heavy (non-hydrogen) atoms. The molecule has 0 aromatic carbocycles. The van der Waals surface area contributed by atoms with Crippen LogP contribution in [0.1, 0.15) is 232 Å². The third kappa shape index (κ3) is 50.7. The van der Waals surface area contributed by atoms with Crippen LogP contribution in [0.4, 0.5) is 0 Å². The molecular weight excluding hydrogens is 839 g/mol. The van der Waals surface area contributed by atoms with Gasteiger partial charge in [0.1, 0.15) is 13.2 Å². The lowest BCUT2D eigenvalue weighted by Crippen LogP contribution is -2.40. The van der Waals surface area contributed by atoms with E-state index in [1.165, 1.54) is 128 Å². The summed E-state index contributed by atoms with van der Waals surface area (Å²) < 4.78 is 22.9. The highest BCUT2D eigenvalue weighted by Gasteiger charge is 2.25. The number of carboxylic acids is 1. The Morgan fingerprint density at radius 3 is 1.28 bits per heavy atom. The van der Waals surface area contributed by atoms with Gasteiger partial charge in [-0.15, -0.1) is 0 Å². The first-order valence-corrected chi connectivity index (χ1v) is 27.5. The first kappa shape index (κ1) is 64.0. The summed E-state index contributed by atoms with van der Waals surface area (Å²) in [5, 5.41) is 9.69. The number of ether oxygens (including phenoxy) is 4. The fourth-order valence-corrected chi connectivity index (χ4v) is 7.53. The predicted molar refractivity (Wildman–Crippen MR) is 281 cm³/mol. The topological polar surface area (TPSA) is 108 Å². The fourth-order valence-electron chi connectivity index (χ4n) is 7.53. The summed E-state index contributed by atoms with van der Waals surface area (Å²) in [4.78, 5) is 37.4. The van der Waals surface area contributed by atoms with Gasteiger partial charge in [0.2, 0.25) is 0 Å². The number of rotatable bonds is 50. The highest BCUT2D eigenvalue weighted by Crippen LogP contribution is 2.15. The third-order valence-electron chi connectivity index (χ3n) is 11.8. The van der Waals surface area contributed by atoms with Gasteiger partial charge in [-0.3, -0.25) is 9.59 Å². The number of hydrogen-bond donors (Lipinski definition) is 1. The van der Waals surface area contributed by atoms with Crippen LogP contribution in [0.5, 0.6) is 0 Å². The second-order valence-electron chi connectivity index (χ2n) is 19.5. The molecule has 0 aliphatic carbocycles. The molecule has 0 rings (SSSR count). The van der Waals surface area contributed by atoms with E-state index in [0.29, 0.717) is 23.9 Å². The molecule has 0 spiro atoms. The number of carbonyl (C=O) groups is 3. The summed E-state index contributed by atoms with van der Waals surface area (Å²) in [6.45, 7) is 4.77. The number of quaternary nitrogens is 1. The summed E-state index contributed by atoms with van der Waals surface area (Å²) in [5.74, 6) is -2.01. The van der Waals surface area contributed by atoms with E-state index < -0.39 is 24.3 Å². The Kier molecular flexibility index (Phi) is 47.2. The largest absolute Gasteiger partial charge is 0.477 e. The normalized spacial score (nSPS) is 13.3. The molecule has 0 bridgehead atoms. The molecule has 0 amide bonds. The van der Waals surface area contributed by atoms with Crippen molar-refractivity contribution in [3.8, 4) is 0 Å². The number of allylic oxidation sites excluding steroid dienone is 10. The zero-order chi connectivity index (χ0) is 49.2. The molecule has 0 saturated carbocycles. The standard InChI is InChI=1S/C58H103NO8/c1-6-8-10-12-14-16-18-20-22-24-26-27-28-29-31-33-35-37-39-41-43-45-47-49-56(61)67-54(53-66-58(57(62)63)64-51-50-59(3,4)5)52-65-55(60)48-46-44-42-40-38-36-34-32-30-25-23-21-19-17-15-13-11-9-7-2/h8,10,14,16,20-23,26-27,54,58H,6-7,9,11-13,15,17-19,24-25,28-53H2,1-5H3/p+1/b10-8-,16-14-,22-20-,23-21-,27-26-. The maximum absolute atomic E-state index is 12.9. The molecular formula is C58H104NO8+. The van der Waals surface area contributed by atoms with E-state index in [9.17, 15) is 19.5 Å². The van der Waals surface area contributed by atoms with Crippen molar-refractivity contribution in [1.29, 1.82) is 0 Å². The second-order valence-corrected chi connectivity index (χ2v) is 19.5. The Bertz CT molecular complexity index is 1280. The lowest BCUT2D eigenvalue weighted by atomic mass is 10.0. The Morgan fingerprint density at radius 2 is 0.851 bits per heavy atom. The van der Waals surface area contributed by atoms with Crippen molar-refractivity contribution in [3.63, 3.8) is 0 Å². The fraction of sp³-hybridized carbons (Fsp3) is 0.776. The van der Waals surface area contributed by atoms with E-state index in [1.807, 2.05) is 21.1 Å². The predicted octanol–water partition coefficient (Wildman–Crippen LogP) is 15.7. The molecule has 0 aromatic rings. The first-order valence-electron chi connectivity index (χ1n) is 27.5. The number of likely N-dealkylation sites (N-methyl/N-ethyl adjacent to an activating group) is 1. The summed E-state index contributed by atoms with van der Waals surface area (Å²) >= 11 is 0. The van der Waals surface area contributed by atoms with Crippen LogP contribution >= 0.6 is 0 Å². The van der Waals surface area contributed by atoms with Gasteiger partial charge >= 0.3 is 17.9 Å². The van der Waals surface area contributed by atoms with Gasteiger partial charge in [0.05, 0.1) is 34.4 Å². The van der Waals surface area contributed by atoms with E-state index in [2.05, 4.69) is 74.6 Å².